The van der Waals surface area contributed by atoms with Gasteiger partial charge in [-0.05, 0) is 18.1 Å². The number of hydrogen-bond donors (Lipinski definition) is 1. The minimum absolute atomic E-state index is 0.107. The topological polar surface area (TPSA) is 81.5 Å². The van der Waals surface area contributed by atoms with Crippen molar-refractivity contribution in [3.8, 4) is 0 Å². The highest BCUT2D eigenvalue weighted by Crippen LogP contribution is 2.30. The van der Waals surface area contributed by atoms with E-state index in [-0.39, 0.29) is 11.7 Å². The van der Waals surface area contributed by atoms with E-state index in [0.29, 0.717) is 19.5 Å². The van der Waals surface area contributed by atoms with Crippen molar-refractivity contribution in [2.24, 2.45) is 0 Å². The smallest absolute Gasteiger partial charge is 0.293 e. The summed E-state index contributed by atoms with van der Waals surface area (Å²) in [6.07, 6.45) is 1.42. The Kier molecular flexibility index (Phi) is 3.22. The summed E-state index contributed by atoms with van der Waals surface area (Å²) < 4.78 is 4.63. The summed E-state index contributed by atoms with van der Waals surface area (Å²) >= 11 is 0. The highest BCUT2D eigenvalue weighted by molar-refractivity contribution is 5.60. The molecule has 1 N–H and O–H groups in total. The molecule has 1 atom stereocenters. The minimum atomic E-state index is -0.400. The van der Waals surface area contributed by atoms with E-state index in [1.807, 2.05) is 0 Å². The molecule has 6 nitrogen and oxygen atoms in total. The van der Waals surface area contributed by atoms with E-state index >= 15 is 0 Å². The molecule has 0 spiro atoms. The fraction of sp³-hybridized carbons (Fsp3) is 0.364. The number of carbonyl (C=O) groups excluding carboxylic acids is 1. The number of non-ortho nitro benzene ring substituents is 1. The summed E-state index contributed by atoms with van der Waals surface area (Å²) in [5.74, 6) is 0. The van der Waals surface area contributed by atoms with Crippen molar-refractivity contribution < 1.29 is 14.5 Å². The van der Waals surface area contributed by atoms with Crippen LogP contribution in [0.15, 0.2) is 18.2 Å². The van der Waals surface area contributed by atoms with Gasteiger partial charge in [-0.25, -0.2) is 0 Å². The number of fused-ring (bicyclic) bond motifs is 1. The summed E-state index contributed by atoms with van der Waals surface area (Å²) in [7, 11) is 0. The fourth-order valence-corrected chi connectivity index (χ4v) is 1.97. The number of nitro benzene ring substituents is 1. The van der Waals surface area contributed by atoms with Gasteiger partial charge in [0.15, 0.2) is 0 Å². The Hall–Kier alpha value is -2.11. The highest BCUT2D eigenvalue weighted by atomic mass is 16.6. The monoisotopic (exact) mass is 236 g/mol. The van der Waals surface area contributed by atoms with Crippen LogP contribution in [0.3, 0.4) is 0 Å². The van der Waals surface area contributed by atoms with E-state index in [1.54, 1.807) is 12.1 Å². The van der Waals surface area contributed by atoms with Crippen molar-refractivity contribution in [1.29, 1.82) is 0 Å². The van der Waals surface area contributed by atoms with Crippen LogP contribution in [0.2, 0.25) is 0 Å². The summed E-state index contributed by atoms with van der Waals surface area (Å²) in [6, 6.07) is 4.96. The normalized spacial score (nSPS) is 17.1. The van der Waals surface area contributed by atoms with Crippen molar-refractivity contribution in [3.63, 3.8) is 0 Å². The predicted octanol–water partition coefficient (Wildman–Crippen LogP) is 1.49. The van der Waals surface area contributed by atoms with Crippen molar-refractivity contribution in [3.05, 3.63) is 33.9 Å². The molecule has 6 heteroatoms. The Balaban J connectivity index is 2.01. The van der Waals surface area contributed by atoms with Crippen LogP contribution in [-0.2, 0) is 16.0 Å². The average molecular weight is 236 g/mol. The Morgan fingerprint density at radius 2 is 2.41 bits per heavy atom. The number of benzene rings is 1. The molecule has 1 aromatic rings. The third kappa shape index (κ3) is 2.52. The molecule has 0 saturated carbocycles. The molecule has 0 fully saturated rings. The minimum Gasteiger partial charge on any atom is -0.468 e. The van der Waals surface area contributed by atoms with Crippen LogP contribution >= 0.6 is 0 Å². The predicted molar refractivity (Wildman–Crippen MR) is 60.8 cm³/mol. The SMILES string of the molecule is O=COCCC1Cc2cc([N+](=O)[O-])ccc2N1. The maximum Gasteiger partial charge on any atom is 0.293 e. The second-order valence-electron chi connectivity index (χ2n) is 3.90. The number of nitrogens with one attached hydrogen (secondary N) is 1. The number of nitrogens with zero attached hydrogens (tertiary/aromatic N) is 1. The third-order valence-corrected chi connectivity index (χ3v) is 2.78. The highest BCUT2D eigenvalue weighted by Gasteiger charge is 2.22. The van der Waals surface area contributed by atoms with Gasteiger partial charge in [0.05, 0.1) is 11.5 Å². The quantitative estimate of drug-likeness (QED) is 0.362. The summed E-state index contributed by atoms with van der Waals surface area (Å²) in [5.41, 5.74) is 1.97. The van der Waals surface area contributed by atoms with Crippen LogP contribution in [0.4, 0.5) is 11.4 Å². The molecule has 2 rings (SSSR count). The van der Waals surface area contributed by atoms with Crippen molar-refractivity contribution in [1.82, 2.24) is 0 Å². The summed E-state index contributed by atoms with van der Waals surface area (Å²) in [6.45, 7) is 0.782. The first-order valence-corrected chi connectivity index (χ1v) is 5.30. The molecular weight excluding hydrogens is 224 g/mol. The van der Waals surface area contributed by atoms with Gasteiger partial charge in [-0.3, -0.25) is 14.9 Å². The average Bonchev–Trinajstić information content (AvgIpc) is 2.70. The lowest BCUT2D eigenvalue weighted by molar-refractivity contribution is -0.384. The number of carbonyl (C=O) groups is 1. The fourth-order valence-electron chi connectivity index (χ4n) is 1.97. The van der Waals surface area contributed by atoms with Crippen LogP contribution in [0.5, 0.6) is 0 Å². The second kappa shape index (κ2) is 4.82. The number of rotatable bonds is 5. The van der Waals surface area contributed by atoms with Gasteiger partial charge in [0.25, 0.3) is 12.2 Å². The zero-order valence-electron chi connectivity index (χ0n) is 9.09. The first kappa shape index (κ1) is 11.4. The van der Waals surface area contributed by atoms with Crippen molar-refractivity contribution in [2.75, 3.05) is 11.9 Å². The Bertz CT molecular complexity index is 447. The van der Waals surface area contributed by atoms with Crippen LogP contribution in [0.25, 0.3) is 0 Å². The van der Waals surface area contributed by atoms with Crippen molar-refractivity contribution >= 4 is 17.8 Å². The first-order valence-electron chi connectivity index (χ1n) is 5.30. The molecule has 90 valence electrons. The zero-order valence-corrected chi connectivity index (χ0v) is 9.09. The van der Waals surface area contributed by atoms with Gasteiger partial charge in [-0.15, -0.1) is 0 Å². The van der Waals surface area contributed by atoms with Gasteiger partial charge in [0, 0.05) is 30.3 Å². The second-order valence-corrected chi connectivity index (χ2v) is 3.90. The summed E-state index contributed by atoms with van der Waals surface area (Å²) in [4.78, 5) is 20.2. The standard InChI is InChI=1S/C11H12N2O4/c14-7-17-4-3-9-5-8-6-10(13(15)16)1-2-11(8)12-9/h1-2,6-7,9,12H,3-5H2. The van der Waals surface area contributed by atoms with E-state index in [1.165, 1.54) is 6.07 Å². The zero-order chi connectivity index (χ0) is 12.3. The van der Waals surface area contributed by atoms with Gasteiger partial charge in [0.2, 0.25) is 0 Å². The molecule has 1 unspecified atom stereocenters. The van der Waals surface area contributed by atoms with Crippen LogP contribution < -0.4 is 5.32 Å². The van der Waals surface area contributed by atoms with Gasteiger partial charge in [-0.1, -0.05) is 0 Å². The molecule has 0 amide bonds. The van der Waals surface area contributed by atoms with E-state index in [9.17, 15) is 14.9 Å². The van der Waals surface area contributed by atoms with Gasteiger partial charge in [-0.2, -0.15) is 0 Å². The van der Waals surface area contributed by atoms with Gasteiger partial charge >= 0.3 is 0 Å². The molecule has 1 heterocycles. The Morgan fingerprint density at radius 1 is 1.59 bits per heavy atom. The number of hydrogen-bond acceptors (Lipinski definition) is 5. The maximum atomic E-state index is 10.6. The molecule has 0 radical (unpaired) electrons. The number of anilines is 1. The Labute approximate surface area is 97.7 Å². The van der Waals surface area contributed by atoms with Gasteiger partial charge < -0.3 is 10.1 Å². The molecule has 0 saturated heterocycles. The van der Waals surface area contributed by atoms with Crippen LogP contribution in [-0.4, -0.2) is 24.0 Å². The van der Waals surface area contributed by atoms with E-state index in [4.69, 9.17) is 0 Å². The molecule has 0 aromatic heterocycles. The van der Waals surface area contributed by atoms with Crippen LogP contribution in [0, 0.1) is 10.1 Å². The molecule has 1 aliphatic heterocycles. The maximum absolute atomic E-state index is 10.6. The summed E-state index contributed by atoms with van der Waals surface area (Å²) in [5, 5.41) is 13.9. The molecule has 17 heavy (non-hydrogen) atoms. The molecule has 1 aromatic carbocycles. The lowest BCUT2D eigenvalue weighted by atomic mass is 10.1. The van der Waals surface area contributed by atoms with Gasteiger partial charge in [0.1, 0.15) is 0 Å². The third-order valence-electron chi connectivity index (χ3n) is 2.78. The molecule has 0 aliphatic carbocycles. The largest absolute Gasteiger partial charge is 0.468 e. The Morgan fingerprint density at radius 3 is 3.12 bits per heavy atom. The first-order chi connectivity index (χ1) is 8.20. The van der Waals surface area contributed by atoms with E-state index in [2.05, 4.69) is 10.1 Å². The lowest BCUT2D eigenvalue weighted by Crippen LogP contribution is -2.17. The number of nitro groups is 1. The molecule has 1 aliphatic rings. The number of ether oxygens (including phenoxy) is 1. The van der Waals surface area contributed by atoms with Crippen molar-refractivity contribution in [2.45, 2.75) is 18.9 Å². The van der Waals surface area contributed by atoms with E-state index in [0.717, 1.165) is 17.7 Å². The lowest BCUT2D eigenvalue weighted by Gasteiger charge is -2.09. The molecular formula is C11H12N2O4. The molecule has 0 bridgehead atoms. The van der Waals surface area contributed by atoms with E-state index < -0.39 is 4.92 Å². The van der Waals surface area contributed by atoms with Crippen LogP contribution in [0.1, 0.15) is 12.0 Å².